The average Bonchev–Trinajstić information content (AvgIpc) is 3.01. The molecule has 2 aromatic carbocycles. The Morgan fingerprint density at radius 3 is 2.03 bits per heavy atom. The second-order valence-corrected chi connectivity index (χ2v) is 12.8. The van der Waals surface area contributed by atoms with Crippen LogP contribution in [-0.4, -0.2) is 39.5 Å². The van der Waals surface area contributed by atoms with E-state index in [1.54, 1.807) is 0 Å². The Balaban J connectivity index is 1.92. The number of carbonyl (C=O) groups excluding carboxylic acids is 1. The second-order valence-electron chi connectivity index (χ2n) is 8.46. The summed E-state index contributed by atoms with van der Waals surface area (Å²) in [6.07, 6.45) is -2.81. The highest BCUT2D eigenvalue weighted by Crippen LogP contribution is 2.37. The van der Waals surface area contributed by atoms with Crippen LogP contribution in [0.2, 0.25) is 5.04 Å². The maximum Gasteiger partial charge on any atom is 0.305 e. The molecular weight excluding hydrogens is 387 g/mol. The van der Waals surface area contributed by atoms with Crippen LogP contribution >= 0.6 is 0 Å². The molecule has 0 unspecified atom stereocenters. The van der Waals surface area contributed by atoms with Gasteiger partial charge in [-0.1, -0.05) is 81.4 Å². The van der Waals surface area contributed by atoms with Gasteiger partial charge in [0.25, 0.3) is 8.32 Å². The summed E-state index contributed by atoms with van der Waals surface area (Å²) in [6.45, 7) is 8.06. The predicted octanol–water partition coefficient (Wildman–Crippen LogP) is 3.58. The van der Waals surface area contributed by atoms with Crippen LogP contribution in [0.5, 0.6) is 0 Å². The number of esters is 1. The fourth-order valence-corrected chi connectivity index (χ4v) is 8.64. The number of alkyl halides is 1. The van der Waals surface area contributed by atoms with Crippen LogP contribution in [0.4, 0.5) is 4.39 Å². The molecule has 0 N–H and O–H groups in total. The van der Waals surface area contributed by atoms with Crippen LogP contribution in [-0.2, 0) is 18.7 Å². The van der Waals surface area contributed by atoms with Gasteiger partial charge in [0.1, 0.15) is 0 Å². The Morgan fingerprint density at radius 1 is 1.07 bits per heavy atom. The summed E-state index contributed by atoms with van der Waals surface area (Å²) in [5, 5.41) is 2.15. The molecule has 2 aromatic rings. The fraction of sp³-hybridized carbons (Fsp3) is 0.435. The van der Waals surface area contributed by atoms with Crippen molar-refractivity contribution in [3.63, 3.8) is 0 Å². The van der Waals surface area contributed by atoms with E-state index in [9.17, 15) is 9.18 Å². The Labute approximate surface area is 173 Å². The number of ether oxygens (including phenoxy) is 2. The van der Waals surface area contributed by atoms with Gasteiger partial charge in [-0.05, 0) is 15.4 Å². The van der Waals surface area contributed by atoms with Gasteiger partial charge in [-0.15, -0.1) is 0 Å². The molecule has 0 spiro atoms. The lowest BCUT2D eigenvalue weighted by Gasteiger charge is -2.43. The number of halogens is 1. The van der Waals surface area contributed by atoms with Gasteiger partial charge >= 0.3 is 5.97 Å². The van der Waals surface area contributed by atoms with E-state index >= 15 is 0 Å². The van der Waals surface area contributed by atoms with Gasteiger partial charge in [-0.2, -0.15) is 0 Å². The van der Waals surface area contributed by atoms with Crippen LogP contribution in [0.15, 0.2) is 60.7 Å². The van der Waals surface area contributed by atoms with Crippen molar-refractivity contribution >= 4 is 24.7 Å². The molecule has 1 aliphatic heterocycles. The molecule has 0 aromatic heterocycles. The van der Waals surface area contributed by atoms with Crippen molar-refractivity contribution in [2.45, 2.75) is 57.7 Å². The second kappa shape index (κ2) is 8.77. The Morgan fingerprint density at radius 2 is 1.59 bits per heavy atom. The molecule has 3 atom stereocenters. The van der Waals surface area contributed by atoms with E-state index < -0.39 is 32.9 Å². The quantitative estimate of drug-likeness (QED) is 0.533. The first kappa shape index (κ1) is 21.7. The summed E-state index contributed by atoms with van der Waals surface area (Å²) in [6, 6.07) is 20.5. The average molecular weight is 417 g/mol. The molecule has 4 nitrogen and oxygen atoms in total. The summed E-state index contributed by atoms with van der Waals surface area (Å²) in [7, 11) is -2.70. The molecule has 1 heterocycles. The zero-order valence-electron chi connectivity index (χ0n) is 17.4. The lowest BCUT2D eigenvalue weighted by Crippen LogP contribution is -2.67. The molecule has 6 heteroatoms. The predicted molar refractivity (Wildman–Crippen MR) is 114 cm³/mol. The van der Waals surface area contributed by atoms with Crippen LogP contribution in [0, 0.1) is 0 Å². The molecule has 0 radical (unpaired) electrons. The summed E-state index contributed by atoms with van der Waals surface area (Å²) < 4.78 is 31.6. The molecule has 3 rings (SSSR count). The number of hydrogen-bond donors (Lipinski definition) is 0. The lowest BCUT2D eigenvalue weighted by molar-refractivity contribution is -0.181. The van der Waals surface area contributed by atoms with Gasteiger partial charge < -0.3 is 13.9 Å². The third kappa shape index (κ3) is 4.60. The Hall–Kier alpha value is -2.02. The zero-order chi connectivity index (χ0) is 21.1. The third-order valence-electron chi connectivity index (χ3n) is 5.29. The monoisotopic (exact) mass is 416 g/mol. The van der Waals surface area contributed by atoms with Gasteiger partial charge in [-0.3, -0.25) is 4.79 Å². The van der Waals surface area contributed by atoms with Crippen molar-refractivity contribution in [3.8, 4) is 0 Å². The summed E-state index contributed by atoms with van der Waals surface area (Å²) in [5.41, 5.74) is 0. The Bertz CT molecular complexity index is 767. The fourth-order valence-electron chi connectivity index (χ4n) is 4.04. The summed E-state index contributed by atoms with van der Waals surface area (Å²) in [5.74, 6) is -0.550. The SMILES string of the molecule is CC(=O)O[C@@H]1O[C@H](CO[Si](c2ccccc2)(c2ccccc2)C(C)(C)C)C[C@@H]1F. The van der Waals surface area contributed by atoms with Gasteiger partial charge in [0.15, 0.2) is 6.17 Å². The summed E-state index contributed by atoms with van der Waals surface area (Å²) >= 11 is 0. The van der Waals surface area contributed by atoms with Crippen LogP contribution in [0.3, 0.4) is 0 Å². The third-order valence-corrected chi connectivity index (χ3v) is 10.3. The molecule has 156 valence electrons. The first-order valence-electron chi connectivity index (χ1n) is 9.96. The van der Waals surface area contributed by atoms with E-state index in [4.69, 9.17) is 13.9 Å². The lowest BCUT2D eigenvalue weighted by atomic mass is 10.2. The number of rotatable bonds is 6. The van der Waals surface area contributed by atoms with Crippen molar-refractivity contribution in [2.24, 2.45) is 0 Å². The molecular formula is C23H29FO4Si. The number of hydrogen-bond acceptors (Lipinski definition) is 4. The van der Waals surface area contributed by atoms with Gasteiger partial charge in [-0.25, -0.2) is 4.39 Å². The molecule has 0 bridgehead atoms. The van der Waals surface area contributed by atoms with Crippen molar-refractivity contribution in [1.82, 2.24) is 0 Å². The highest BCUT2D eigenvalue weighted by Gasteiger charge is 2.51. The standard InChI is InChI=1S/C23H29FO4Si/c1-17(25)27-22-21(24)15-18(28-22)16-26-29(23(2,3)4,19-11-7-5-8-12-19)20-13-9-6-10-14-20/h5-14,18,21-22H,15-16H2,1-4H3/t18-,21-,22+/m0/s1. The zero-order valence-corrected chi connectivity index (χ0v) is 18.4. The minimum Gasteiger partial charge on any atom is -0.433 e. The minimum atomic E-state index is -2.70. The minimum absolute atomic E-state index is 0.149. The first-order valence-corrected chi connectivity index (χ1v) is 11.9. The smallest absolute Gasteiger partial charge is 0.305 e. The molecule has 1 fully saturated rings. The molecule has 0 amide bonds. The number of carbonyl (C=O) groups is 1. The largest absolute Gasteiger partial charge is 0.433 e. The topological polar surface area (TPSA) is 44.8 Å². The van der Waals surface area contributed by atoms with Crippen molar-refractivity contribution in [3.05, 3.63) is 60.7 Å². The van der Waals surface area contributed by atoms with Crippen molar-refractivity contribution in [2.75, 3.05) is 6.61 Å². The normalized spacial score (nSPS) is 22.4. The van der Waals surface area contributed by atoms with Gasteiger partial charge in [0, 0.05) is 13.3 Å². The van der Waals surface area contributed by atoms with Crippen LogP contribution in [0.25, 0.3) is 0 Å². The van der Waals surface area contributed by atoms with Crippen molar-refractivity contribution in [1.29, 1.82) is 0 Å². The molecule has 0 saturated carbocycles. The molecule has 1 saturated heterocycles. The maximum absolute atomic E-state index is 14.3. The number of benzene rings is 2. The van der Waals surface area contributed by atoms with Crippen molar-refractivity contribution < 1.29 is 23.1 Å². The Kier molecular flexibility index (Phi) is 6.56. The van der Waals surface area contributed by atoms with E-state index in [1.165, 1.54) is 6.92 Å². The van der Waals surface area contributed by atoms with E-state index in [-0.39, 0.29) is 18.1 Å². The highest BCUT2D eigenvalue weighted by atomic mass is 28.4. The first-order chi connectivity index (χ1) is 13.7. The molecule has 1 aliphatic rings. The van der Waals surface area contributed by atoms with E-state index in [2.05, 4.69) is 45.0 Å². The highest BCUT2D eigenvalue weighted by molar-refractivity contribution is 6.99. The summed E-state index contributed by atoms with van der Waals surface area (Å²) in [4.78, 5) is 11.2. The van der Waals surface area contributed by atoms with E-state index in [0.29, 0.717) is 0 Å². The molecule has 29 heavy (non-hydrogen) atoms. The molecule has 0 aliphatic carbocycles. The van der Waals surface area contributed by atoms with Crippen LogP contribution < -0.4 is 10.4 Å². The maximum atomic E-state index is 14.3. The van der Waals surface area contributed by atoms with Gasteiger partial charge in [0.05, 0.1) is 12.7 Å². The van der Waals surface area contributed by atoms with E-state index in [0.717, 1.165) is 10.4 Å². The van der Waals surface area contributed by atoms with Crippen LogP contribution in [0.1, 0.15) is 34.1 Å². The van der Waals surface area contributed by atoms with E-state index in [1.807, 2.05) is 36.4 Å². The van der Waals surface area contributed by atoms with Gasteiger partial charge in [0.2, 0.25) is 6.29 Å².